The van der Waals surface area contributed by atoms with Gasteiger partial charge in [0.15, 0.2) is 0 Å². The van der Waals surface area contributed by atoms with Gasteiger partial charge in [0, 0.05) is 40.5 Å². The lowest BCUT2D eigenvalue weighted by atomic mass is 9.99. The Balaban J connectivity index is 1.90. The van der Waals surface area contributed by atoms with Gasteiger partial charge in [-0.2, -0.15) is 0 Å². The molecular formula is C32H34N2O3. The predicted octanol–water partition coefficient (Wildman–Crippen LogP) is 6.13. The molecule has 0 amide bonds. The van der Waals surface area contributed by atoms with Crippen molar-refractivity contribution in [2.45, 2.75) is 67.2 Å². The number of furan rings is 1. The summed E-state index contributed by atoms with van der Waals surface area (Å²) in [7, 11) is 0. The molecule has 0 unspecified atom stereocenters. The van der Waals surface area contributed by atoms with Crippen LogP contribution in [0.1, 0.15) is 76.6 Å². The van der Waals surface area contributed by atoms with Crippen LogP contribution in [0.25, 0.3) is 24.3 Å². The maximum Gasteiger partial charge on any atom is 0.133 e. The average Bonchev–Trinajstić information content (AvgIpc) is 3.46. The number of phenolic OH excluding ortho intramolecular Hbond substituents is 2. The zero-order valence-electron chi connectivity index (χ0n) is 22.5. The van der Waals surface area contributed by atoms with Crippen molar-refractivity contribution in [2.75, 3.05) is 0 Å². The van der Waals surface area contributed by atoms with Crippen LogP contribution >= 0.6 is 0 Å². The third-order valence-electron chi connectivity index (χ3n) is 7.66. The number of rotatable bonds is 4. The molecule has 0 atom stereocenters. The summed E-state index contributed by atoms with van der Waals surface area (Å²) in [4.78, 5) is 9.94. The number of hydrogen-bond donors (Lipinski definition) is 2. The van der Waals surface area contributed by atoms with Crippen LogP contribution < -0.4 is 10.8 Å². The van der Waals surface area contributed by atoms with Gasteiger partial charge in [-0.15, -0.1) is 0 Å². The fourth-order valence-corrected chi connectivity index (χ4v) is 5.60. The van der Waals surface area contributed by atoms with Gasteiger partial charge in [0.25, 0.3) is 0 Å². The molecule has 2 aromatic rings. The first-order chi connectivity index (χ1) is 17.8. The van der Waals surface area contributed by atoms with Crippen LogP contribution in [0.5, 0.6) is 11.5 Å². The standard InChI is InChI=1S/C32H34N2O3/c1-7-21-17(5)25-14-31-23(9-3)24(10-4)32(37-31)15-26-18(6)22(8-2)28(34-26)13-20-11-19(12-27(21)33-25)29(35)16-30(20)36/h11-16,35-36H,7-10H2,1-6H3. The normalized spacial score (nSPS) is 16.8. The number of allylic oxidation sites excluding steroid dienone is 4. The highest BCUT2D eigenvalue weighted by Gasteiger charge is 2.23. The first-order valence-electron chi connectivity index (χ1n) is 13.2. The summed E-state index contributed by atoms with van der Waals surface area (Å²) < 4.78 is 6.51. The van der Waals surface area contributed by atoms with Gasteiger partial charge in [0.05, 0.1) is 22.8 Å². The van der Waals surface area contributed by atoms with Gasteiger partial charge in [-0.1, -0.05) is 27.7 Å². The number of aliphatic imine (C=N–C) groups is 2. The van der Waals surface area contributed by atoms with Crippen LogP contribution in [0.3, 0.4) is 0 Å². The zero-order valence-corrected chi connectivity index (χ0v) is 22.5. The maximum atomic E-state index is 10.7. The molecule has 0 fully saturated rings. The second-order valence-corrected chi connectivity index (χ2v) is 9.72. The van der Waals surface area contributed by atoms with Crippen molar-refractivity contribution < 1.29 is 14.6 Å². The fraction of sp³-hybridized carbons (Fsp3) is 0.312. The van der Waals surface area contributed by atoms with Crippen molar-refractivity contribution in [3.05, 3.63) is 78.9 Å². The number of fused-ring (bicyclic) bond motifs is 6. The molecule has 5 nitrogen and oxygen atoms in total. The second kappa shape index (κ2) is 9.55. The van der Waals surface area contributed by atoms with Crippen LogP contribution in [0.15, 0.2) is 60.2 Å². The highest BCUT2D eigenvalue weighted by atomic mass is 16.3. The van der Waals surface area contributed by atoms with Crippen molar-refractivity contribution in [2.24, 2.45) is 9.98 Å². The monoisotopic (exact) mass is 494 g/mol. The smallest absolute Gasteiger partial charge is 0.133 e. The number of hydrogen-bond acceptors (Lipinski definition) is 5. The van der Waals surface area contributed by atoms with Crippen molar-refractivity contribution >= 4 is 35.7 Å². The summed E-state index contributed by atoms with van der Waals surface area (Å²) in [5.74, 6) is 0.0221. The molecule has 37 heavy (non-hydrogen) atoms. The van der Waals surface area contributed by atoms with E-state index in [0.29, 0.717) is 11.1 Å². The maximum absolute atomic E-state index is 10.7. The average molecular weight is 495 g/mol. The van der Waals surface area contributed by atoms with Crippen LogP contribution in [-0.2, 0) is 12.8 Å². The van der Waals surface area contributed by atoms with Gasteiger partial charge in [-0.3, -0.25) is 0 Å². The fourth-order valence-electron chi connectivity index (χ4n) is 5.60. The lowest BCUT2D eigenvalue weighted by Gasteiger charge is -2.08. The Hall–Kier alpha value is -3.86. The quantitative estimate of drug-likeness (QED) is 0.536. The van der Waals surface area contributed by atoms with Crippen LogP contribution in [-0.4, -0.2) is 21.6 Å². The Morgan fingerprint density at radius 1 is 0.622 bits per heavy atom. The molecule has 0 saturated carbocycles. The van der Waals surface area contributed by atoms with E-state index in [9.17, 15) is 10.2 Å². The minimum atomic E-state index is 0.0110. The third-order valence-corrected chi connectivity index (χ3v) is 7.66. The molecule has 0 aliphatic carbocycles. The molecule has 3 aliphatic rings. The minimum Gasteiger partial charge on any atom is -0.507 e. The topological polar surface area (TPSA) is 78.3 Å². The molecule has 190 valence electrons. The molecule has 0 spiro atoms. The second-order valence-electron chi connectivity index (χ2n) is 9.72. The Morgan fingerprint density at radius 3 is 1.43 bits per heavy atom. The van der Waals surface area contributed by atoms with Crippen molar-refractivity contribution in [3.63, 3.8) is 0 Å². The van der Waals surface area contributed by atoms with E-state index in [-0.39, 0.29) is 11.5 Å². The van der Waals surface area contributed by atoms with Gasteiger partial charge in [0.2, 0.25) is 0 Å². The first kappa shape index (κ1) is 24.8. The van der Waals surface area contributed by atoms with Gasteiger partial charge >= 0.3 is 0 Å². The van der Waals surface area contributed by atoms with Gasteiger partial charge in [0.1, 0.15) is 22.3 Å². The summed E-state index contributed by atoms with van der Waals surface area (Å²) in [5, 5.41) is 21.4. The number of aromatic hydroxyl groups is 2. The third kappa shape index (κ3) is 4.12. The summed E-state index contributed by atoms with van der Waals surface area (Å²) in [6.45, 7) is 12.7. The van der Waals surface area contributed by atoms with Gasteiger partial charge in [-0.25, -0.2) is 9.98 Å². The van der Waals surface area contributed by atoms with Crippen LogP contribution in [0.2, 0.25) is 0 Å². The Kier molecular flexibility index (Phi) is 6.40. The van der Waals surface area contributed by atoms with Gasteiger partial charge < -0.3 is 14.6 Å². The van der Waals surface area contributed by atoms with E-state index in [1.165, 1.54) is 17.2 Å². The molecule has 1 aromatic carbocycles. The van der Waals surface area contributed by atoms with Crippen molar-refractivity contribution in [3.8, 4) is 11.5 Å². The summed E-state index contributed by atoms with van der Waals surface area (Å²) in [6, 6.07) is 3.20. The molecule has 2 N–H and O–H groups in total. The van der Waals surface area contributed by atoms with Crippen molar-refractivity contribution in [1.29, 1.82) is 0 Å². The molecule has 1 aromatic heterocycles. The Morgan fingerprint density at radius 2 is 1.05 bits per heavy atom. The molecule has 5 rings (SSSR count). The molecular weight excluding hydrogens is 460 g/mol. The molecule has 4 heterocycles. The summed E-state index contributed by atoms with van der Waals surface area (Å²) in [5.41, 5.74) is 13.1. The predicted molar refractivity (Wildman–Crippen MR) is 152 cm³/mol. The van der Waals surface area contributed by atoms with E-state index >= 15 is 0 Å². The molecule has 0 radical (unpaired) electrons. The number of phenols is 2. The lowest BCUT2D eigenvalue weighted by molar-refractivity contribution is 0.449. The lowest BCUT2D eigenvalue weighted by Crippen LogP contribution is -2.09. The summed E-state index contributed by atoms with van der Waals surface area (Å²) in [6.07, 6.45) is 11.2. The van der Waals surface area contributed by atoms with E-state index in [1.54, 1.807) is 6.07 Å². The number of benzene rings is 1. The van der Waals surface area contributed by atoms with E-state index in [2.05, 4.69) is 53.7 Å². The van der Waals surface area contributed by atoms with E-state index < -0.39 is 0 Å². The largest absolute Gasteiger partial charge is 0.507 e. The van der Waals surface area contributed by atoms with Crippen molar-refractivity contribution in [1.82, 2.24) is 0 Å². The number of nitrogens with zero attached hydrogens (tertiary/aromatic N) is 2. The molecule has 0 saturated heterocycles. The Labute approximate surface area is 218 Å². The SMILES string of the molecule is CCC1=C(C)C2=NC1=Cc1cc(c(O)cc1O)C=C1N=C(C=c3oc(c(CC)c3CC)=C2)C(C)=C1CC. The molecule has 5 heteroatoms. The molecule has 8 bridgehead atoms. The highest BCUT2D eigenvalue weighted by Crippen LogP contribution is 2.37. The van der Waals surface area contributed by atoms with E-state index in [4.69, 9.17) is 14.4 Å². The molecule has 3 aliphatic heterocycles. The van der Waals surface area contributed by atoms with E-state index in [1.807, 2.05) is 12.2 Å². The van der Waals surface area contributed by atoms with E-state index in [0.717, 1.165) is 81.6 Å². The highest BCUT2D eigenvalue weighted by molar-refractivity contribution is 6.24. The van der Waals surface area contributed by atoms with Gasteiger partial charge in [-0.05, 0) is 80.0 Å². The summed E-state index contributed by atoms with van der Waals surface area (Å²) >= 11 is 0. The van der Waals surface area contributed by atoms with Crippen LogP contribution in [0.4, 0.5) is 0 Å². The first-order valence-corrected chi connectivity index (χ1v) is 13.2. The minimum absolute atomic E-state index is 0.0110. The zero-order chi connectivity index (χ0) is 26.4. The van der Waals surface area contributed by atoms with Crippen LogP contribution in [0, 0.1) is 0 Å². The Bertz CT molecular complexity index is 1520.